The molecule has 0 bridgehead atoms. The zero-order chi connectivity index (χ0) is 50.2. The van der Waals surface area contributed by atoms with Gasteiger partial charge in [0.15, 0.2) is 0 Å². The Balaban J connectivity index is 1.05. The molecule has 0 unspecified atom stereocenters. The minimum absolute atomic E-state index is 1.12. The van der Waals surface area contributed by atoms with Crippen LogP contribution < -0.4 is 9.80 Å². The molecule has 2 heteroatoms. The zero-order valence-electron chi connectivity index (χ0n) is 43.5. The van der Waals surface area contributed by atoms with Crippen LogP contribution in [0.3, 0.4) is 0 Å². The van der Waals surface area contributed by atoms with Crippen LogP contribution in [-0.2, 0) is 0 Å². The third-order valence-electron chi connectivity index (χ3n) is 14.8. The smallest absolute Gasteiger partial charge is 0.0464 e. The van der Waals surface area contributed by atoms with Crippen LogP contribution in [0.15, 0.2) is 206 Å². The number of hydrogen-bond acceptors (Lipinski definition) is 2. The molecule has 0 aromatic heterocycles. The molecule has 0 fully saturated rings. The monoisotopic (exact) mass is 933 g/mol. The Labute approximate surface area is 428 Å². The highest BCUT2D eigenvalue weighted by Crippen LogP contribution is 2.44. The SMILES string of the molecule is Cc1ccccc1-c1ccc(N(c2ccc(-c3ccccc3C)c(C)c2)c2ccc(-c3ccc(N(c4ccc(-c5ccccc5C)c(C)c4)c4ccc(-c5ccccc5C)c(C)c4)cc3C)c(C)c2)cc1C. The molecule has 0 atom stereocenters. The normalized spacial score (nSPS) is 11.2. The van der Waals surface area contributed by atoms with Gasteiger partial charge < -0.3 is 9.80 Å². The van der Waals surface area contributed by atoms with Crippen molar-refractivity contribution < 1.29 is 0 Å². The second-order valence-corrected chi connectivity index (χ2v) is 19.9. The number of benzene rings is 10. The number of rotatable bonds is 11. The van der Waals surface area contributed by atoms with Gasteiger partial charge in [-0.1, -0.05) is 133 Å². The van der Waals surface area contributed by atoms with E-state index in [-0.39, 0.29) is 0 Å². The van der Waals surface area contributed by atoms with E-state index in [1.165, 1.54) is 111 Å². The molecule has 2 nitrogen and oxygen atoms in total. The van der Waals surface area contributed by atoms with Crippen molar-refractivity contribution in [2.45, 2.75) is 69.2 Å². The maximum Gasteiger partial charge on any atom is 0.0464 e. The Kier molecular flexibility index (Phi) is 13.1. The molecule has 0 saturated carbocycles. The summed E-state index contributed by atoms with van der Waals surface area (Å²) in [5.41, 5.74) is 31.9. The average molecular weight is 933 g/mol. The van der Waals surface area contributed by atoms with Gasteiger partial charge >= 0.3 is 0 Å². The molecule has 0 heterocycles. The minimum atomic E-state index is 1.12. The van der Waals surface area contributed by atoms with Crippen molar-refractivity contribution in [2.24, 2.45) is 0 Å². The molecule has 72 heavy (non-hydrogen) atoms. The van der Waals surface area contributed by atoms with Crippen molar-refractivity contribution in [1.29, 1.82) is 0 Å². The van der Waals surface area contributed by atoms with Gasteiger partial charge in [-0.05, 0) is 253 Å². The van der Waals surface area contributed by atoms with Crippen molar-refractivity contribution in [3.8, 4) is 55.6 Å². The first-order valence-corrected chi connectivity index (χ1v) is 25.3. The number of anilines is 6. The molecule has 10 aromatic rings. The fraction of sp³-hybridized carbons (Fsp3) is 0.143. The fourth-order valence-electron chi connectivity index (χ4n) is 10.9. The molecule has 10 aromatic carbocycles. The molecule has 0 aliphatic heterocycles. The maximum atomic E-state index is 2.42. The van der Waals surface area contributed by atoms with E-state index in [2.05, 4.69) is 285 Å². The van der Waals surface area contributed by atoms with Gasteiger partial charge in [-0.2, -0.15) is 0 Å². The van der Waals surface area contributed by atoms with E-state index in [1.807, 2.05) is 0 Å². The first kappa shape index (κ1) is 47.5. The average Bonchev–Trinajstić information content (AvgIpc) is 3.36. The van der Waals surface area contributed by atoms with Gasteiger partial charge in [0.1, 0.15) is 0 Å². The van der Waals surface area contributed by atoms with Crippen molar-refractivity contribution in [1.82, 2.24) is 0 Å². The summed E-state index contributed by atoms with van der Waals surface area (Å²) >= 11 is 0. The molecule has 0 saturated heterocycles. The first-order chi connectivity index (χ1) is 34.8. The quantitative estimate of drug-likeness (QED) is 0.128. The van der Waals surface area contributed by atoms with E-state index in [0.29, 0.717) is 0 Å². The molecule has 0 aliphatic carbocycles. The summed E-state index contributed by atoms with van der Waals surface area (Å²) in [5.74, 6) is 0. The van der Waals surface area contributed by atoms with E-state index in [4.69, 9.17) is 0 Å². The Morgan fingerprint density at radius 1 is 0.167 bits per heavy atom. The van der Waals surface area contributed by atoms with Gasteiger partial charge in [0, 0.05) is 34.1 Å². The summed E-state index contributed by atoms with van der Waals surface area (Å²) in [4.78, 5) is 4.85. The molecular weight excluding hydrogens is 869 g/mol. The first-order valence-electron chi connectivity index (χ1n) is 25.3. The lowest BCUT2D eigenvalue weighted by molar-refractivity contribution is 1.24. The van der Waals surface area contributed by atoms with Gasteiger partial charge in [-0.25, -0.2) is 0 Å². The third-order valence-corrected chi connectivity index (χ3v) is 14.8. The number of nitrogens with zero attached hydrogens (tertiary/aromatic N) is 2. The summed E-state index contributed by atoms with van der Waals surface area (Å²) in [6.07, 6.45) is 0. The van der Waals surface area contributed by atoms with Crippen LogP contribution in [0.25, 0.3) is 55.6 Å². The van der Waals surface area contributed by atoms with Crippen LogP contribution in [-0.4, -0.2) is 0 Å². The van der Waals surface area contributed by atoms with Crippen molar-refractivity contribution >= 4 is 34.1 Å². The topological polar surface area (TPSA) is 6.48 Å². The van der Waals surface area contributed by atoms with E-state index in [0.717, 1.165) is 34.1 Å². The molecule has 10 rings (SSSR count). The highest BCUT2D eigenvalue weighted by atomic mass is 15.1. The Hall–Kier alpha value is -8.20. The summed E-state index contributed by atoms with van der Waals surface area (Å²) in [5, 5.41) is 0. The van der Waals surface area contributed by atoms with E-state index >= 15 is 0 Å². The van der Waals surface area contributed by atoms with Gasteiger partial charge in [0.05, 0.1) is 0 Å². The Morgan fingerprint density at radius 2 is 0.319 bits per heavy atom. The number of aryl methyl sites for hydroxylation is 10. The molecule has 0 N–H and O–H groups in total. The fourth-order valence-corrected chi connectivity index (χ4v) is 10.9. The minimum Gasteiger partial charge on any atom is -0.310 e. The van der Waals surface area contributed by atoms with Crippen molar-refractivity contribution in [3.05, 3.63) is 262 Å². The molecule has 0 radical (unpaired) electrons. The molecule has 0 spiro atoms. The van der Waals surface area contributed by atoms with E-state index in [9.17, 15) is 0 Å². The molecule has 0 aliphatic rings. The molecule has 354 valence electrons. The third kappa shape index (κ3) is 9.17. The predicted octanol–water partition coefficient (Wildman–Crippen LogP) is 20.0. The van der Waals surface area contributed by atoms with Crippen LogP contribution in [0.4, 0.5) is 34.1 Å². The van der Waals surface area contributed by atoms with Crippen LogP contribution in [0.5, 0.6) is 0 Å². The van der Waals surface area contributed by atoms with Crippen LogP contribution >= 0.6 is 0 Å². The Morgan fingerprint density at radius 3 is 0.472 bits per heavy atom. The van der Waals surface area contributed by atoms with Crippen LogP contribution in [0.1, 0.15) is 55.6 Å². The summed E-state index contributed by atoms with van der Waals surface area (Å²) < 4.78 is 0. The van der Waals surface area contributed by atoms with Crippen LogP contribution in [0.2, 0.25) is 0 Å². The summed E-state index contributed by atoms with van der Waals surface area (Å²) in [6, 6.07) is 76.4. The van der Waals surface area contributed by atoms with Gasteiger partial charge in [0.2, 0.25) is 0 Å². The van der Waals surface area contributed by atoms with Crippen molar-refractivity contribution in [2.75, 3.05) is 9.80 Å². The maximum absolute atomic E-state index is 2.42. The summed E-state index contributed by atoms with van der Waals surface area (Å²) in [7, 11) is 0. The van der Waals surface area contributed by atoms with Gasteiger partial charge in [0.25, 0.3) is 0 Å². The lowest BCUT2D eigenvalue weighted by Crippen LogP contribution is -2.12. The van der Waals surface area contributed by atoms with Gasteiger partial charge in [-0.15, -0.1) is 0 Å². The zero-order valence-corrected chi connectivity index (χ0v) is 43.5. The number of hydrogen-bond donors (Lipinski definition) is 0. The van der Waals surface area contributed by atoms with E-state index in [1.54, 1.807) is 0 Å². The predicted molar refractivity (Wildman–Crippen MR) is 310 cm³/mol. The largest absolute Gasteiger partial charge is 0.310 e. The standard InChI is InChI=1S/C70H64N2/c1-45-19-11-15-23-61(45)65-33-27-55(39-49(65)5)71(56-28-34-66(50(6)40-56)62-24-16-12-20-46(62)2)59-31-37-69(53(9)43-59)70-38-32-60(44-54(70)10)72(57-29-35-67(51(7)41-57)63-25-17-13-21-47(63)3)58-30-36-68(52(8)42-58)64-26-18-14-22-48(64)4/h11-44H,1-10H3. The van der Waals surface area contributed by atoms with E-state index < -0.39 is 0 Å². The Bertz CT molecular complexity index is 3230. The molecular formula is C70H64N2. The highest BCUT2D eigenvalue weighted by molar-refractivity contribution is 5.87. The van der Waals surface area contributed by atoms with Crippen molar-refractivity contribution in [3.63, 3.8) is 0 Å². The van der Waals surface area contributed by atoms with Gasteiger partial charge in [-0.3, -0.25) is 0 Å². The second kappa shape index (κ2) is 19.9. The second-order valence-electron chi connectivity index (χ2n) is 19.9. The summed E-state index contributed by atoms with van der Waals surface area (Å²) in [6.45, 7) is 22.2. The van der Waals surface area contributed by atoms with Crippen LogP contribution in [0, 0.1) is 69.2 Å². The highest BCUT2D eigenvalue weighted by Gasteiger charge is 2.21. The lowest BCUT2D eigenvalue weighted by atomic mass is 9.93. The molecule has 0 amide bonds. The lowest BCUT2D eigenvalue weighted by Gasteiger charge is -2.29.